The summed E-state index contributed by atoms with van der Waals surface area (Å²) in [6.07, 6.45) is -4.76. The van der Waals surface area contributed by atoms with Crippen LogP contribution < -0.4 is 0 Å². The second kappa shape index (κ2) is 9.13. The van der Waals surface area contributed by atoms with E-state index in [4.69, 9.17) is 4.74 Å². The smallest absolute Gasteiger partial charge is 0.378 e. The van der Waals surface area contributed by atoms with Crippen molar-refractivity contribution in [1.29, 1.82) is 0 Å². The first kappa shape index (κ1) is 21.6. The molecule has 6 nitrogen and oxygen atoms in total. The van der Waals surface area contributed by atoms with Gasteiger partial charge in [0.05, 0.1) is 31.2 Å². The summed E-state index contributed by atoms with van der Waals surface area (Å²) in [5.74, 6) is -0.277. The van der Waals surface area contributed by atoms with E-state index in [0.717, 1.165) is 6.07 Å². The molecule has 9 heteroatoms. The van der Waals surface area contributed by atoms with E-state index in [1.165, 1.54) is 18.2 Å². The number of alkyl halides is 3. The van der Waals surface area contributed by atoms with Crippen LogP contribution in [0.2, 0.25) is 0 Å². The average Bonchev–Trinajstić information content (AvgIpc) is 2.73. The largest absolute Gasteiger partial charge is 0.416 e. The number of nitrogens with zero attached hydrogens (tertiary/aromatic N) is 3. The van der Waals surface area contributed by atoms with E-state index in [2.05, 4.69) is 0 Å². The van der Waals surface area contributed by atoms with Crippen molar-refractivity contribution in [3.8, 4) is 0 Å². The van der Waals surface area contributed by atoms with E-state index in [1.807, 2.05) is 11.8 Å². The molecule has 2 fully saturated rings. The fraction of sp³-hybridized carbons (Fsp3) is 0.600. The van der Waals surface area contributed by atoms with Crippen LogP contribution in [-0.4, -0.2) is 85.0 Å². The van der Waals surface area contributed by atoms with E-state index in [1.54, 1.807) is 9.80 Å². The Labute approximate surface area is 168 Å². The first-order chi connectivity index (χ1) is 13.8. The van der Waals surface area contributed by atoms with Gasteiger partial charge < -0.3 is 14.5 Å². The molecular weight excluding hydrogens is 387 g/mol. The summed E-state index contributed by atoms with van der Waals surface area (Å²) in [6, 6.07) is 4.88. The minimum absolute atomic E-state index is 0.0108. The highest BCUT2D eigenvalue weighted by Crippen LogP contribution is 2.32. The fourth-order valence-electron chi connectivity index (χ4n) is 3.79. The summed E-state index contributed by atoms with van der Waals surface area (Å²) in [5, 5.41) is 0. The molecule has 1 aromatic carbocycles. The Hall–Kier alpha value is -2.13. The summed E-state index contributed by atoms with van der Waals surface area (Å²) >= 11 is 0. The SMILES string of the molecule is CC(C(=O)N1CCOCC1)N1CCN(C(=O)Cc2ccccc2C(F)(F)F)CC1. The molecule has 2 aliphatic heterocycles. The van der Waals surface area contributed by atoms with Crippen molar-refractivity contribution in [2.45, 2.75) is 25.6 Å². The standard InChI is InChI=1S/C20H26F3N3O3/c1-15(19(28)26-10-12-29-13-11-26)24-6-8-25(9-7-24)18(27)14-16-4-2-3-5-17(16)20(21,22)23/h2-5,15H,6-14H2,1H3. The molecule has 2 aliphatic rings. The maximum atomic E-state index is 13.1. The first-order valence-corrected chi connectivity index (χ1v) is 9.81. The number of ether oxygens (including phenoxy) is 1. The number of amides is 2. The van der Waals surface area contributed by atoms with Crippen LogP contribution >= 0.6 is 0 Å². The Morgan fingerprint density at radius 1 is 1.00 bits per heavy atom. The van der Waals surface area contributed by atoms with E-state index >= 15 is 0 Å². The third-order valence-electron chi connectivity index (χ3n) is 5.56. The zero-order valence-corrected chi connectivity index (χ0v) is 16.5. The Bertz CT molecular complexity index is 727. The molecule has 1 unspecified atom stereocenters. The van der Waals surface area contributed by atoms with Gasteiger partial charge in [0.25, 0.3) is 0 Å². The van der Waals surface area contributed by atoms with Crippen LogP contribution in [0.25, 0.3) is 0 Å². The fourth-order valence-corrected chi connectivity index (χ4v) is 3.79. The zero-order chi connectivity index (χ0) is 21.0. The summed E-state index contributed by atoms with van der Waals surface area (Å²) in [5.41, 5.74) is -0.778. The third kappa shape index (κ3) is 5.27. The number of rotatable bonds is 4. The van der Waals surface area contributed by atoms with Gasteiger partial charge in [-0.05, 0) is 18.6 Å². The number of morpholine rings is 1. The number of piperazine rings is 1. The number of hydrogen-bond acceptors (Lipinski definition) is 4. The lowest BCUT2D eigenvalue weighted by Crippen LogP contribution is -2.56. The Morgan fingerprint density at radius 2 is 1.62 bits per heavy atom. The molecule has 0 spiro atoms. The highest BCUT2D eigenvalue weighted by Gasteiger charge is 2.34. The van der Waals surface area contributed by atoms with Crippen molar-refractivity contribution in [3.63, 3.8) is 0 Å². The third-order valence-corrected chi connectivity index (χ3v) is 5.56. The summed E-state index contributed by atoms with van der Waals surface area (Å²) < 4.78 is 44.7. The molecule has 3 rings (SSSR count). The van der Waals surface area contributed by atoms with Crippen LogP contribution in [-0.2, 0) is 26.9 Å². The molecule has 2 amide bonds. The lowest BCUT2D eigenvalue weighted by Gasteiger charge is -2.39. The van der Waals surface area contributed by atoms with Gasteiger partial charge in [-0.25, -0.2) is 0 Å². The Balaban J connectivity index is 1.54. The molecule has 0 aliphatic carbocycles. The predicted octanol–water partition coefficient (Wildman–Crippen LogP) is 1.64. The van der Waals surface area contributed by atoms with Gasteiger partial charge in [0.1, 0.15) is 0 Å². The van der Waals surface area contributed by atoms with E-state index < -0.39 is 11.7 Å². The van der Waals surface area contributed by atoms with Gasteiger partial charge in [0.2, 0.25) is 11.8 Å². The number of carbonyl (C=O) groups excluding carboxylic acids is 2. The number of carbonyl (C=O) groups is 2. The van der Waals surface area contributed by atoms with Crippen LogP contribution in [0.5, 0.6) is 0 Å². The van der Waals surface area contributed by atoms with Crippen molar-refractivity contribution >= 4 is 11.8 Å². The molecule has 1 aromatic rings. The van der Waals surface area contributed by atoms with Gasteiger partial charge in [0.15, 0.2) is 0 Å². The molecule has 1 atom stereocenters. The van der Waals surface area contributed by atoms with E-state index in [9.17, 15) is 22.8 Å². The highest BCUT2D eigenvalue weighted by atomic mass is 19.4. The monoisotopic (exact) mass is 413 g/mol. The van der Waals surface area contributed by atoms with Crippen LogP contribution in [0.1, 0.15) is 18.1 Å². The van der Waals surface area contributed by atoms with Crippen LogP contribution in [0.15, 0.2) is 24.3 Å². The minimum atomic E-state index is -4.48. The van der Waals surface area contributed by atoms with Gasteiger partial charge in [-0.3, -0.25) is 14.5 Å². The number of halogens is 3. The minimum Gasteiger partial charge on any atom is -0.378 e. The molecule has 160 valence electrons. The lowest BCUT2D eigenvalue weighted by atomic mass is 10.0. The number of benzene rings is 1. The Kier molecular flexibility index (Phi) is 6.79. The average molecular weight is 413 g/mol. The summed E-state index contributed by atoms with van der Waals surface area (Å²) in [7, 11) is 0. The molecule has 0 radical (unpaired) electrons. The lowest BCUT2D eigenvalue weighted by molar-refractivity contribution is -0.142. The van der Waals surface area contributed by atoms with Crippen molar-refractivity contribution in [3.05, 3.63) is 35.4 Å². The normalized spacial score (nSPS) is 19.9. The second-order valence-electron chi connectivity index (χ2n) is 7.36. The molecule has 2 heterocycles. The topological polar surface area (TPSA) is 53.1 Å². The van der Waals surface area contributed by atoms with Crippen molar-refractivity contribution in [2.75, 3.05) is 52.5 Å². The van der Waals surface area contributed by atoms with Crippen molar-refractivity contribution in [2.24, 2.45) is 0 Å². The van der Waals surface area contributed by atoms with Gasteiger partial charge >= 0.3 is 6.18 Å². The van der Waals surface area contributed by atoms with Crippen LogP contribution in [0, 0.1) is 0 Å². The number of hydrogen-bond donors (Lipinski definition) is 0. The van der Waals surface area contributed by atoms with Crippen LogP contribution in [0.4, 0.5) is 13.2 Å². The molecule has 0 bridgehead atoms. The molecule has 2 saturated heterocycles. The van der Waals surface area contributed by atoms with Crippen molar-refractivity contribution < 1.29 is 27.5 Å². The van der Waals surface area contributed by atoms with Gasteiger partial charge in [0, 0.05) is 39.3 Å². The Morgan fingerprint density at radius 3 is 2.24 bits per heavy atom. The van der Waals surface area contributed by atoms with E-state index in [0.29, 0.717) is 52.5 Å². The molecular formula is C20H26F3N3O3. The van der Waals surface area contributed by atoms with Gasteiger partial charge in [-0.15, -0.1) is 0 Å². The van der Waals surface area contributed by atoms with Gasteiger partial charge in [-0.1, -0.05) is 18.2 Å². The quantitative estimate of drug-likeness (QED) is 0.753. The first-order valence-electron chi connectivity index (χ1n) is 9.81. The molecule has 0 saturated carbocycles. The summed E-state index contributed by atoms with van der Waals surface area (Å²) in [6.45, 7) is 5.94. The molecule has 29 heavy (non-hydrogen) atoms. The maximum absolute atomic E-state index is 13.1. The maximum Gasteiger partial charge on any atom is 0.416 e. The van der Waals surface area contributed by atoms with Crippen molar-refractivity contribution in [1.82, 2.24) is 14.7 Å². The zero-order valence-electron chi connectivity index (χ0n) is 16.5. The highest BCUT2D eigenvalue weighted by molar-refractivity contribution is 5.82. The molecule has 0 N–H and O–H groups in total. The summed E-state index contributed by atoms with van der Waals surface area (Å²) in [4.78, 5) is 30.6. The second-order valence-corrected chi connectivity index (χ2v) is 7.36. The van der Waals surface area contributed by atoms with E-state index in [-0.39, 0.29) is 29.8 Å². The van der Waals surface area contributed by atoms with Crippen LogP contribution in [0.3, 0.4) is 0 Å². The molecule has 0 aromatic heterocycles. The van der Waals surface area contributed by atoms with Gasteiger partial charge in [-0.2, -0.15) is 13.2 Å². The predicted molar refractivity (Wildman–Crippen MR) is 100 cm³/mol.